The molecule has 7 rings (SSSR count). The topological polar surface area (TPSA) is 30.9 Å². The molecule has 2 bridgehead atoms. The number of rotatable bonds is 8. The molecule has 1 spiro atoms. The minimum absolute atomic E-state index is 0.0127. The van der Waals surface area contributed by atoms with Crippen molar-refractivity contribution in [2.45, 2.75) is 74.5 Å². The van der Waals surface area contributed by atoms with Crippen molar-refractivity contribution < 1.29 is 14.2 Å². The Balaban J connectivity index is 1.29. The maximum Gasteiger partial charge on any atom is 0.166 e. The highest BCUT2D eigenvalue weighted by Gasteiger charge is 2.73. The molecule has 2 saturated carbocycles. The van der Waals surface area contributed by atoms with Gasteiger partial charge in [0.15, 0.2) is 11.5 Å². The number of hydrogen-bond donors (Lipinski definition) is 0. The van der Waals surface area contributed by atoms with Crippen molar-refractivity contribution >= 4 is 0 Å². The molecule has 4 atom stereocenters. The monoisotopic (exact) mass is 471 g/mol. The third-order valence-corrected chi connectivity index (χ3v) is 9.69. The van der Waals surface area contributed by atoms with Gasteiger partial charge in [0.05, 0.1) is 18.1 Å². The standard InChI is InChI=1S/C31H37NO3/c1-21-14-15-31(34-18-6-9-22-7-4-3-5-8-22)26-19-24-12-13-25(33-2)28-27(24)30(31,29(21)35-28)16-17-32(26)20-23-10-11-23/h3-5,7-8,12-13,23,26,29H,1,6,9-11,14-20H2,2H3/t26?,29-,30?,31+/m0/s1. The first-order valence-corrected chi connectivity index (χ1v) is 13.6. The van der Waals surface area contributed by atoms with Crippen LogP contribution in [0.3, 0.4) is 0 Å². The van der Waals surface area contributed by atoms with Gasteiger partial charge >= 0.3 is 0 Å². The van der Waals surface area contributed by atoms with Crippen LogP contribution >= 0.6 is 0 Å². The fraction of sp³-hybridized carbons (Fsp3) is 0.548. The van der Waals surface area contributed by atoms with E-state index in [-0.39, 0.29) is 17.1 Å². The van der Waals surface area contributed by atoms with Gasteiger partial charge in [0.1, 0.15) is 6.10 Å². The van der Waals surface area contributed by atoms with Crippen LogP contribution in [0.1, 0.15) is 55.2 Å². The molecule has 2 aromatic rings. The Labute approximate surface area is 209 Å². The lowest BCUT2D eigenvalue weighted by atomic mass is 9.48. The molecular weight excluding hydrogens is 434 g/mol. The van der Waals surface area contributed by atoms with Crippen molar-refractivity contribution in [3.05, 3.63) is 71.3 Å². The molecule has 35 heavy (non-hydrogen) atoms. The van der Waals surface area contributed by atoms with Crippen LogP contribution in [-0.4, -0.2) is 49.5 Å². The van der Waals surface area contributed by atoms with Crippen LogP contribution in [0.25, 0.3) is 0 Å². The van der Waals surface area contributed by atoms with Crippen molar-refractivity contribution in [3.63, 3.8) is 0 Å². The smallest absolute Gasteiger partial charge is 0.166 e. The highest BCUT2D eigenvalue weighted by atomic mass is 16.5. The molecule has 2 heterocycles. The third-order valence-electron chi connectivity index (χ3n) is 9.69. The molecule has 0 N–H and O–H groups in total. The highest BCUT2D eigenvalue weighted by Crippen LogP contribution is 2.67. The predicted octanol–water partition coefficient (Wildman–Crippen LogP) is 5.47. The molecule has 0 aromatic heterocycles. The summed E-state index contributed by atoms with van der Waals surface area (Å²) in [7, 11) is 1.76. The van der Waals surface area contributed by atoms with Crippen LogP contribution in [-0.2, 0) is 23.0 Å². The molecular formula is C31H37NO3. The van der Waals surface area contributed by atoms with E-state index in [0.29, 0.717) is 6.04 Å². The van der Waals surface area contributed by atoms with Gasteiger partial charge in [-0.1, -0.05) is 43.0 Å². The molecule has 2 unspecified atom stereocenters. The first-order valence-electron chi connectivity index (χ1n) is 13.6. The van der Waals surface area contributed by atoms with E-state index in [0.717, 1.165) is 69.1 Å². The van der Waals surface area contributed by atoms with E-state index in [1.807, 2.05) is 0 Å². The molecule has 5 aliphatic rings. The van der Waals surface area contributed by atoms with Crippen molar-refractivity contribution in [1.82, 2.24) is 4.90 Å². The van der Waals surface area contributed by atoms with E-state index in [1.165, 1.54) is 41.6 Å². The number of methoxy groups -OCH3 is 1. The highest BCUT2D eigenvalue weighted by molar-refractivity contribution is 5.64. The Morgan fingerprint density at radius 3 is 2.77 bits per heavy atom. The molecule has 4 nitrogen and oxygen atoms in total. The maximum absolute atomic E-state index is 7.27. The zero-order valence-corrected chi connectivity index (χ0v) is 20.9. The van der Waals surface area contributed by atoms with E-state index in [4.69, 9.17) is 14.2 Å². The molecule has 1 saturated heterocycles. The van der Waals surface area contributed by atoms with Gasteiger partial charge < -0.3 is 14.2 Å². The summed E-state index contributed by atoms with van der Waals surface area (Å²) in [6, 6.07) is 15.6. The van der Waals surface area contributed by atoms with Crippen LogP contribution in [0.5, 0.6) is 11.5 Å². The molecule has 4 heteroatoms. The van der Waals surface area contributed by atoms with Crippen molar-refractivity contribution in [3.8, 4) is 11.5 Å². The number of ether oxygens (including phenoxy) is 3. The van der Waals surface area contributed by atoms with E-state index >= 15 is 0 Å². The van der Waals surface area contributed by atoms with E-state index in [2.05, 4.69) is 53.9 Å². The number of aryl methyl sites for hydroxylation is 1. The Kier molecular flexibility index (Phi) is 5.08. The quantitative estimate of drug-likeness (QED) is 0.377. The minimum Gasteiger partial charge on any atom is -0.493 e. The lowest BCUT2D eigenvalue weighted by molar-refractivity contribution is -0.207. The van der Waals surface area contributed by atoms with E-state index in [9.17, 15) is 0 Å². The van der Waals surface area contributed by atoms with Gasteiger partial charge in [-0.25, -0.2) is 0 Å². The SMILES string of the molecule is C=C1CC[C@@]2(OCCCc3ccccc3)C3Cc4ccc(OC)c5c4C2(CCN3CC2CC2)[C@H]1O5. The normalized spacial score (nSPS) is 32.8. The van der Waals surface area contributed by atoms with Crippen LogP contribution < -0.4 is 9.47 Å². The Morgan fingerprint density at radius 2 is 1.97 bits per heavy atom. The summed E-state index contributed by atoms with van der Waals surface area (Å²) in [5, 5.41) is 0. The molecule has 3 fully saturated rings. The summed E-state index contributed by atoms with van der Waals surface area (Å²) in [5.41, 5.74) is 5.06. The maximum atomic E-state index is 7.27. The van der Waals surface area contributed by atoms with Crippen molar-refractivity contribution in [2.24, 2.45) is 5.92 Å². The number of likely N-dealkylation sites (tertiary alicyclic amines) is 1. The fourth-order valence-corrected chi connectivity index (χ4v) is 7.98. The van der Waals surface area contributed by atoms with Gasteiger partial charge in [-0.3, -0.25) is 4.90 Å². The van der Waals surface area contributed by atoms with E-state index < -0.39 is 0 Å². The average Bonchev–Trinajstić information content (AvgIpc) is 3.63. The first-order chi connectivity index (χ1) is 17.2. The molecule has 2 aromatic carbocycles. The van der Waals surface area contributed by atoms with Crippen molar-refractivity contribution in [2.75, 3.05) is 26.8 Å². The second kappa shape index (κ2) is 8.11. The number of piperidine rings is 1. The summed E-state index contributed by atoms with van der Waals surface area (Å²) in [5.74, 6) is 2.70. The van der Waals surface area contributed by atoms with Gasteiger partial charge in [-0.15, -0.1) is 0 Å². The summed E-state index contributed by atoms with van der Waals surface area (Å²) >= 11 is 0. The van der Waals surface area contributed by atoms with Crippen LogP contribution in [0.4, 0.5) is 0 Å². The zero-order valence-electron chi connectivity index (χ0n) is 20.9. The Hall–Kier alpha value is -2.30. The molecule has 3 aliphatic carbocycles. The molecule has 0 amide bonds. The summed E-state index contributed by atoms with van der Waals surface area (Å²) < 4.78 is 19.9. The van der Waals surface area contributed by atoms with Crippen molar-refractivity contribution in [1.29, 1.82) is 0 Å². The summed E-state index contributed by atoms with van der Waals surface area (Å²) in [4.78, 5) is 2.80. The van der Waals surface area contributed by atoms with Crippen LogP contribution in [0.15, 0.2) is 54.6 Å². The average molecular weight is 472 g/mol. The Bertz CT molecular complexity index is 1140. The van der Waals surface area contributed by atoms with Crippen LogP contribution in [0, 0.1) is 5.92 Å². The second-order valence-corrected chi connectivity index (χ2v) is 11.5. The number of hydrogen-bond acceptors (Lipinski definition) is 4. The third kappa shape index (κ3) is 3.12. The fourth-order valence-electron chi connectivity index (χ4n) is 7.98. The molecule has 184 valence electrons. The zero-order chi connectivity index (χ0) is 23.6. The van der Waals surface area contributed by atoms with Gasteiger partial charge in [0.2, 0.25) is 0 Å². The van der Waals surface area contributed by atoms with Gasteiger partial charge in [-0.2, -0.15) is 0 Å². The summed E-state index contributed by atoms with van der Waals surface area (Å²) in [6.45, 7) is 7.67. The van der Waals surface area contributed by atoms with Gasteiger partial charge in [0, 0.05) is 24.8 Å². The second-order valence-electron chi connectivity index (χ2n) is 11.5. The Morgan fingerprint density at radius 1 is 1.11 bits per heavy atom. The van der Waals surface area contributed by atoms with Gasteiger partial charge in [0.25, 0.3) is 0 Å². The lowest BCUT2D eigenvalue weighted by Crippen LogP contribution is -2.76. The van der Waals surface area contributed by atoms with Gasteiger partial charge in [-0.05, 0) is 86.6 Å². The first kappa shape index (κ1) is 21.9. The number of benzene rings is 2. The van der Waals surface area contributed by atoms with Crippen LogP contribution in [0.2, 0.25) is 0 Å². The number of nitrogens with zero attached hydrogens (tertiary/aromatic N) is 1. The van der Waals surface area contributed by atoms with E-state index in [1.54, 1.807) is 7.11 Å². The summed E-state index contributed by atoms with van der Waals surface area (Å²) in [6.07, 6.45) is 9.00. The molecule has 2 aliphatic heterocycles. The predicted molar refractivity (Wildman–Crippen MR) is 137 cm³/mol. The molecule has 0 radical (unpaired) electrons. The lowest BCUT2D eigenvalue weighted by Gasteiger charge is -2.65. The minimum atomic E-state index is -0.229. The largest absolute Gasteiger partial charge is 0.493 e.